The molecule has 0 radical (unpaired) electrons. The van der Waals surface area contributed by atoms with Crippen LogP contribution in [-0.4, -0.2) is 60.2 Å². The quantitative estimate of drug-likeness (QED) is 0.113. The van der Waals surface area contributed by atoms with Gasteiger partial charge in [0.15, 0.2) is 22.7 Å². The molecular formula is C41H41N5O7. The zero-order valence-corrected chi connectivity index (χ0v) is 29.8. The lowest BCUT2D eigenvalue weighted by molar-refractivity contribution is 0.0997. The van der Waals surface area contributed by atoms with Crippen LogP contribution in [0.3, 0.4) is 0 Å². The number of nitrogens with one attached hydrogen (secondary N) is 2. The number of ether oxygens (including phenoxy) is 3. The number of para-hydroxylation sites is 1. The van der Waals surface area contributed by atoms with Crippen molar-refractivity contribution in [1.82, 2.24) is 14.5 Å². The Bertz CT molecular complexity index is 2220. The largest absolute Gasteiger partial charge is 0.493 e. The summed E-state index contributed by atoms with van der Waals surface area (Å²) in [6.07, 6.45) is 6.27. The van der Waals surface area contributed by atoms with Gasteiger partial charge in [0, 0.05) is 43.3 Å². The van der Waals surface area contributed by atoms with Gasteiger partial charge in [-0.25, -0.2) is 4.98 Å². The number of imidazole rings is 1. The third-order valence-electron chi connectivity index (χ3n) is 8.76. The number of amides is 2. The van der Waals surface area contributed by atoms with Crippen molar-refractivity contribution in [3.8, 4) is 17.2 Å². The highest BCUT2D eigenvalue weighted by molar-refractivity contribution is 6.12. The summed E-state index contributed by atoms with van der Waals surface area (Å²) in [5.41, 5.74) is 3.09. The second-order valence-electron chi connectivity index (χ2n) is 12.2. The van der Waals surface area contributed by atoms with E-state index in [-0.39, 0.29) is 28.0 Å². The molecule has 0 atom stereocenters. The highest BCUT2D eigenvalue weighted by atomic mass is 16.5. The first-order valence-electron chi connectivity index (χ1n) is 17.2. The Hall–Kier alpha value is -6.40. The molecule has 0 saturated carbocycles. The number of anilines is 2. The van der Waals surface area contributed by atoms with Gasteiger partial charge >= 0.3 is 0 Å². The van der Waals surface area contributed by atoms with E-state index >= 15 is 0 Å². The minimum Gasteiger partial charge on any atom is -0.493 e. The van der Waals surface area contributed by atoms with E-state index in [0.29, 0.717) is 29.2 Å². The SMILES string of the molecule is CCN(CCc1ccc(NC(=O)c2cc(OC)c(OC)cc2NC(=O)c2cc(=O)c3ccccc3o2)cc1)Cc1ccc(OCCn2ccnc2)cc1. The van der Waals surface area contributed by atoms with Crippen molar-refractivity contribution in [1.29, 1.82) is 0 Å². The van der Waals surface area contributed by atoms with Crippen LogP contribution in [0.25, 0.3) is 11.0 Å². The third kappa shape index (κ3) is 9.29. The number of carbonyl (C=O) groups excluding carboxylic acids is 2. The number of nitrogens with zero attached hydrogens (tertiary/aromatic N) is 3. The molecular weight excluding hydrogens is 674 g/mol. The molecule has 0 bridgehead atoms. The van der Waals surface area contributed by atoms with Crippen LogP contribution < -0.4 is 30.3 Å². The number of hydrogen-bond donors (Lipinski definition) is 2. The molecule has 0 aliphatic heterocycles. The maximum absolute atomic E-state index is 13.6. The van der Waals surface area contributed by atoms with Gasteiger partial charge in [-0.2, -0.15) is 0 Å². The van der Waals surface area contributed by atoms with Gasteiger partial charge in [0.05, 0.1) is 43.7 Å². The highest BCUT2D eigenvalue weighted by Gasteiger charge is 2.21. The first kappa shape index (κ1) is 36.4. The number of methoxy groups -OCH3 is 2. The lowest BCUT2D eigenvalue weighted by Gasteiger charge is -2.21. The Morgan fingerprint density at radius 2 is 1.60 bits per heavy atom. The number of hydrogen-bond acceptors (Lipinski definition) is 9. The van der Waals surface area contributed by atoms with Crippen LogP contribution >= 0.6 is 0 Å². The Morgan fingerprint density at radius 3 is 2.32 bits per heavy atom. The summed E-state index contributed by atoms with van der Waals surface area (Å²) in [4.78, 5) is 46.0. The van der Waals surface area contributed by atoms with Crippen LogP contribution in [0, 0.1) is 0 Å². The van der Waals surface area contributed by atoms with Crippen LogP contribution in [0.5, 0.6) is 17.2 Å². The summed E-state index contributed by atoms with van der Waals surface area (Å²) in [7, 11) is 2.91. The molecule has 6 rings (SSSR count). The number of likely N-dealkylation sites (N-methyl/N-ethyl adjacent to an activating group) is 1. The average Bonchev–Trinajstić information content (AvgIpc) is 3.71. The molecule has 2 amide bonds. The molecule has 0 aliphatic rings. The summed E-state index contributed by atoms with van der Waals surface area (Å²) < 4.78 is 24.4. The van der Waals surface area contributed by atoms with Gasteiger partial charge in [-0.05, 0) is 66.6 Å². The first-order valence-corrected chi connectivity index (χ1v) is 17.2. The number of fused-ring (bicyclic) bond motifs is 1. The summed E-state index contributed by atoms with van der Waals surface area (Å²) in [5.74, 6) is 0.0479. The van der Waals surface area contributed by atoms with E-state index in [9.17, 15) is 14.4 Å². The molecule has 0 unspecified atom stereocenters. The number of benzene rings is 4. The van der Waals surface area contributed by atoms with Gasteiger partial charge in [-0.3, -0.25) is 19.3 Å². The maximum Gasteiger partial charge on any atom is 0.291 e. The van der Waals surface area contributed by atoms with Gasteiger partial charge in [0.2, 0.25) is 0 Å². The number of rotatable bonds is 16. The Labute approximate surface area is 306 Å². The molecule has 12 nitrogen and oxygen atoms in total. The topological polar surface area (TPSA) is 137 Å². The standard InChI is InChI=1S/C41H41N5O7/c1-4-45(26-29-11-15-31(16-12-29)52-22-21-46-20-18-42-27-46)19-17-28-9-13-30(14-10-28)43-40(48)33-23-37(50-2)38(51-3)24-34(33)44-41(49)39-25-35(47)32-7-5-6-8-36(32)53-39/h5-16,18,20,23-25,27H,4,17,19,21-22,26H2,1-3H3,(H,43,48)(H,44,49). The fourth-order valence-electron chi connectivity index (χ4n) is 5.80. The molecule has 0 saturated heterocycles. The van der Waals surface area contributed by atoms with Crippen molar-refractivity contribution in [2.45, 2.75) is 26.4 Å². The molecule has 0 fully saturated rings. The molecule has 272 valence electrons. The van der Waals surface area contributed by atoms with Crippen LogP contribution in [0.2, 0.25) is 0 Å². The minimum atomic E-state index is -0.705. The molecule has 53 heavy (non-hydrogen) atoms. The van der Waals surface area contributed by atoms with E-state index in [1.54, 1.807) is 36.8 Å². The Balaban J connectivity index is 1.07. The number of aromatic nitrogens is 2. The van der Waals surface area contributed by atoms with Gasteiger partial charge in [-0.15, -0.1) is 0 Å². The van der Waals surface area contributed by atoms with Crippen molar-refractivity contribution < 1.29 is 28.2 Å². The van der Waals surface area contributed by atoms with Crippen molar-refractivity contribution in [2.24, 2.45) is 0 Å². The van der Waals surface area contributed by atoms with E-state index in [0.717, 1.165) is 50.0 Å². The second kappa shape index (κ2) is 17.2. The molecule has 2 heterocycles. The van der Waals surface area contributed by atoms with Gasteiger partial charge in [0.25, 0.3) is 11.8 Å². The van der Waals surface area contributed by atoms with E-state index < -0.39 is 11.8 Å². The average molecular weight is 716 g/mol. The summed E-state index contributed by atoms with van der Waals surface area (Å²) in [6, 6.07) is 26.6. The monoisotopic (exact) mass is 715 g/mol. The lowest BCUT2D eigenvalue weighted by atomic mass is 10.1. The molecule has 0 aliphatic carbocycles. The van der Waals surface area contributed by atoms with E-state index in [4.69, 9.17) is 18.6 Å². The van der Waals surface area contributed by atoms with Crippen LogP contribution in [0.4, 0.5) is 11.4 Å². The molecule has 4 aromatic carbocycles. The molecule has 6 aromatic rings. The van der Waals surface area contributed by atoms with Gasteiger partial charge in [0.1, 0.15) is 17.9 Å². The third-order valence-corrected chi connectivity index (χ3v) is 8.76. The highest BCUT2D eigenvalue weighted by Crippen LogP contribution is 2.34. The van der Waals surface area contributed by atoms with E-state index in [1.807, 2.05) is 47.2 Å². The predicted molar refractivity (Wildman–Crippen MR) is 203 cm³/mol. The smallest absolute Gasteiger partial charge is 0.291 e. The molecule has 0 spiro atoms. The van der Waals surface area contributed by atoms with Crippen molar-refractivity contribution >= 4 is 34.2 Å². The van der Waals surface area contributed by atoms with E-state index in [1.165, 1.54) is 31.9 Å². The van der Waals surface area contributed by atoms with Crippen LogP contribution in [-0.2, 0) is 19.5 Å². The molecule has 12 heteroatoms. The zero-order chi connectivity index (χ0) is 37.2. The van der Waals surface area contributed by atoms with Gasteiger partial charge in [-0.1, -0.05) is 43.3 Å². The lowest BCUT2D eigenvalue weighted by Crippen LogP contribution is -2.25. The Kier molecular flexibility index (Phi) is 11.8. The Morgan fingerprint density at radius 1 is 0.868 bits per heavy atom. The molecule has 2 N–H and O–H groups in total. The summed E-state index contributed by atoms with van der Waals surface area (Å²) >= 11 is 0. The minimum absolute atomic E-state index is 0.121. The zero-order valence-electron chi connectivity index (χ0n) is 29.8. The fourth-order valence-corrected chi connectivity index (χ4v) is 5.80. The molecule has 2 aromatic heterocycles. The second-order valence-corrected chi connectivity index (χ2v) is 12.2. The van der Waals surface area contributed by atoms with Crippen molar-refractivity contribution in [3.63, 3.8) is 0 Å². The predicted octanol–water partition coefficient (Wildman–Crippen LogP) is 6.65. The van der Waals surface area contributed by atoms with Crippen LogP contribution in [0.1, 0.15) is 39.0 Å². The van der Waals surface area contributed by atoms with Crippen LogP contribution in [0.15, 0.2) is 119 Å². The van der Waals surface area contributed by atoms with Crippen molar-refractivity contribution in [3.05, 3.63) is 142 Å². The van der Waals surface area contributed by atoms with Gasteiger partial charge < -0.3 is 33.8 Å². The normalized spacial score (nSPS) is 11.0. The fraction of sp³-hybridized carbons (Fsp3) is 0.220. The summed E-state index contributed by atoms with van der Waals surface area (Å²) in [5, 5.41) is 5.97. The van der Waals surface area contributed by atoms with Crippen molar-refractivity contribution in [2.75, 3.05) is 44.5 Å². The summed E-state index contributed by atoms with van der Waals surface area (Å²) in [6.45, 7) is 6.04. The van der Waals surface area contributed by atoms with E-state index in [2.05, 4.69) is 39.6 Å². The maximum atomic E-state index is 13.6. The number of carbonyl (C=O) groups is 2. The first-order chi connectivity index (χ1) is 25.8.